The molecule has 1 saturated heterocycles. The highest BCUT2D eigenvalue weighted by Gasteiger charge is 2.28. The van der Waals surface area contributed by atoms with Crippen LogP contribution in [0.3, 0.4) is 0 Å². The van der Waals surface area contributed by atoms with Crippen molar-refractivity contribution in [2.24, 2.45) is 0 Å². The highest BCUT2D eigenvalue weighted by atomic mass is 32.2. The van der Waals surface area contributed by atoms with Gasteiger partial charge >= 0.3 is 0 Å². The average Bonchev–Trinajstić information content (AvgIpc) is 2.82. The average molecular weight is 342 g/mol. The fourth-order valence-corrected chi connectivity index (χ4v) is 5.47. The van der Waals surface area contributed by atoms with Crippen molar-refractivity contribution in [1.82, 2.24) is 10.9 Å². The molecule has 0 radical (unpaired) electrons. The van der Waals surface area contributed by atoms with Crippen molar-refractivity contribution >= 4 is 33.4 Å². The third-order valence-corrected chi connectivity index (χ3v) is 6.55. The summed E-state index contributed by atoms with van der Waals surface area (Å²) in [5.74, 6) is -0.303. The van der Waals surface area contributed by atoms with Crippen molar-refractivity contribution in [2.45, 2.75) is 18.6 Å². The molecule has 0 unspecified atom stereocenters. The lowest BCUT2D eigenvalue weighted by Crippen LogP contribution is -2.42. The van der Waals surface area contributed by atoms with E-state index in [2.05, 4.69) is 10.9 Å². The van der Waals surface area contributed by atoms with Crippen LogP contribution in [0.4, 0.5) is 0 Å². The molecule has 1 aliphatic heterocycles. The van der Waals surface area contributed by atoms with E-state index < -0.39 is 9.84 Å². The van der Waals surface area contributed by atoms with E-state index in [0.717, 1.165) is 5.56 Å². The van der Waals surface area contributed by atoms with Crippen molar-refractivity contribution in [1.29, 1.82) is 0 Å². The van der Waals surface area contributed by atoms with E-state index in [9.17, 15) is 18.0 Å². The third kappa shape index (κ3) is 5.03. The number of benzene rings is 1. The standard InChI is InChI=1S/C14H18N2O4S2/c1-10-2-4-11(5-3-10)14(18)16-15-13(17)8-21-12-6-7-22(19,20)9-12/h2-5,12H,6-9H2,1H3,(H,15,17)(H,16,18)/t12-/m1/s1. The highest BCUT2D eigenvalue weighted by molar-refractivity contribution is 8.02. The first-order valence-electron chi connectivity index (χ1n) is 6.83. The van der Waals surface area contributed by atoms with Crippen LogP contribution in [-0.2, 0) is 14.6 Å². The Morgan fingerprint density at radius 3 is 2.50 bits per heavy atom. The zero-order chi connectivity index (χ0) is 16.2. The van der Waals surface area contributed by atoms with Crippen molar-refractivity contribution in [2.75, 3.05) is 17.3 Å². The Bertz CT molecular complexity index is 656. The van der Waals surface area contributed by atoms with E-state index in [1.54, 1.807) is 12.1 Å². The monoisotopic (exact) mass is 342 g/mol. The number of aryl methyl sites for hydroxylation is 1. The van der Waals surface area contributed by atoms with E-state index in [-0.39, 0.29) is 34.3 Å². The molecule has 0 saturated carbocycles. The van der Waals surface area contributed by atoms with Crippen LogP contribution in [0.15, 0.2) is 24.3 Å². The van der Waals surface area contributed by atoms with Gasteiger partial charge in [-0.3, -0.25) is 20.4 Å². The molecule has 2 N–H and O–H groups in total. The normalized spacial score (nSPS) is 19.6. The van der Waals surface area contributed by atoms with Gasteiger partial charge in [0.1, 0.15) is 0 Å². The molecule has 22 heavy (non-hydrogen) atoms. The Kier molecular flexibility index (Phi) is 5.47. The van der Waals surface area contributed by atoms with Gasteiger partial charge < -0.3 is 0 Å². The number of hydrazine groups is 1. The molecule has 120 valence electrons. The molecule has 0 spiro atoms. The minimum absolute atomic E-state index is 0.0384. The van der Waals surface area contributed by atoms with Crippen LogP contribution in [0, 0.1) is 6.92 Å². The molecule has 1 atom stereocenters. The van der Waals surface area contributed by atoms with Gasteiger partial charge in [0.2, 0.25) is 5.91 Å². The maximum absolute atomic E-state index is 11.8. The number of rotatable bonds is 4. The Hall–Kier alpha value is -1.54. The predicted octanol–water partition coefficient (Wildman–Crippen LogP) is 0.676. The number of carbonyl (C=O) groups excluding carboxylic acids is 2. The van der Waals surface area contributed by atoms with Gasteiger partial charge in [-0.1, -0.05) is 17.7 Å². The van der Waals surface area contributed by atoms with Gasteiger partial charge in [-0.15, -0.1) is 11.8 Å². The first-order chi connectivity index (χ1) is 10.4. The summed E-state index contributed by atoms with van der Waals surface area (Å²) in [7, 11) is -2.93. The zero-order valence-corrected chi connectivity index (χ0v) is 13.8. The van der Waals surface area contributed by atoms with E-state index >= 15 is 0 Å². The summed E-state index contributed by atoms with van der Waals surface area (Å²) in [6.07, 6.45) is 0.579. The molecule has 1 aliphatic rings. The molecule has 2 rings (SSSR count). The number of hydrogen-bond donors (Lipinski definition) is 2. The molecule has 2 amide bonds. The molecular formula is C14H18N2O4S2. The second-order valence-electron chi connectivity index (χ2n) is 5.20. The summed E-state index contributed by atoms with van der Waals surface area (Å²) in [5.41, 5.74) is 6.17. The van der Waals surface area contributed by atoms with E-state index in [1.807, 2.05) is 19.1 Å². The van der Waals surface area contributed by atoms with Crippen LogP contribution in [0.1, 0.15) is 22.3 Å². The number of sulfone groups is 1. The fourth-order valence-electron chi connectivity index (χ4n) is 2.03. The van der Waals surface area contributed by atoms with Crippen LogP contribution in [0.2, 0.25) is 0 Å². The van der Waals surface area contributed by atoms with Gasteiger partial charge in [0, 0.05) is 10.8 Å². The number of thioether (sulfide) groups is 1. The topological polar surface area (TPSA) is 92.3 Å². The van der Waals surface area contributed by atoms with Gasteiger partial charge in [0.15, 0.2) is 9.84 Å². The highest BCUT2D eigenvalue weighted by Crippen LogP contribution is 2.23. The van der Waals surface area contributed by atoms with E-state index in [0.29, 0.717) is 12.0 Å². The summed E-state index contributed by atoms with van der Waals surface area (Å²) in [6, 6.07) is 6.98. The predicted molar refractivity (Wildman–Crippen MR) is 86.3 cm³/mol. The molecule has 8 heteroatoms. The van der Waals surface area contributed by atoms with Gasteiger partial charge in [0.25, 0.3) is 5.91 Å². The van der Waals surface area contributed by atoms with Gasteiger partial charge in [-0.25, -0.2) is 8.42 Å². The lowest BCUT2D eigenvalue weighted by Gasteiger charge is -2.09. The van der Waals surface area contributed by atoms with Crippen LogP contribution in [0.25, 0.3) is 0 Å². The second kappa shape index (κ2) is 7.15. The number of amides is 2. The fraction of sp³-hybridized carbons (Fsp3) is 0.429. The summed E-state index contributed by atoms with van der Waals surface area (Å²) in [6.45, 7) is 1.92. The van der Waals surface area contributed by atoms with Crippen LogP contribution in [0.5, 0.6) is 0 Å². The van der Waals surface area contributed by atoms with Crippen molar-refractivity contribution in [3.05, 3.63) is 35.4 Å². The Morgan fingerprint density at radius 1 is 1.23 bits per heavy atom. The molecule has 0 aliphatic carbocycles. The third-order valence-electron chi connectivity index (χ3n) is 3.27. The summed E-state index contributed by atoms with van der Waals surface area (Å²) in [5, 5.41) is -0.0384. The smallest absolute Gasteiger partial charge is 0.269 e. The van der Waals surface area contributed by atoms with Crippen LogP contribution < -0.4 is 10.9 Å². The number of nitrogens with one attached hydrogen (secondary N) is 2. The van der Waals surface area contributed by atoms with Crippen molar-refractivity contribution in [3.63, 3.8) is 0 Å². The van der Waals surface area contributed by atoms with Crippen LogP contribution >= 0.6 is 11.8 Å². The van der Waals surface area contributed by atoms with E-state index in [1.165, 1.54) is 11.8 Å². The van der Waals surface area contributed by atoms with E-state index in [4.69, 9.17) is 0 Å². The molecule has 1 heterocycles. The molecule has 1 aromatic rings. The Balaban J connectivity index is 1.71. The summed E-state index contributed by atoms with van der Waals surface area (Å²) < 4.78 is 22.6. The minimum atomic E-state index is -2.93. The quantitative estimate of drug-likeness (QED) is 0.785. The molecule has 6 nitrogen and oxygen atoms in total. The first-order valence-corrected chi connectivity index (χ1v) is 9.70. The molecular weight excluding hydrogens is 324 g/mol. The zero-order valence-electron chi connectivity index (χ0n) is 12.2. The largest absolute Gasteiger partial charge is 0.272 e. The SMILES string of the molecule is Cc1ccc(C(=O)NNC(=O)CS[C@@H]2CCS(=O)(=O)C2)cc1. The number of hydrogen-bond acceptors (Lipinski definition) is 5. The second-order valence-corrected chi connectivity index (χ2v) is 8.72. The Labute approximate surface area is 133 Å². The minimum Gasteiger partial charge on any atom is -0.272 e. The molecule has 0 aromatic heterocycles. The van der Waals surface area contributed by atoms with Crippen molar-refractivity contribution < 1.29 is 18.0 Å². The summed E-state index contributed by atoms with van der Waals surface area (Å²) in [4.78, 5) is 23.4. The van der Waals surface area contributed by atoms with Crippen molar-refractivity contribution in [3.8, 4) is 0 Å². The Morgan fingerprint density at radius 2 is 1.91 bits per heavy atom. The maximum atomic E-state index is 11.8. The van der Waals surface area contributed by atoms with Gasteiger partial charge in [-0.2, -0.15) is 0 Å². The summed E-state index contributed by atoms with van der Waals surface area (Å²) >= 11 is 1.30. The molecule has 1 aromatic carbocycles. The maximum Gasteiger partial charge on any atom is 0.269 e. The molecule has 1 fully saturated rings. The lowest BCUT2D eigenvalue weighted by atomic mass is 10.1. The number of carbonyl (C=O) groups is 2. The van der Waals surface area contributed by atoms with Gasteiger partial charge in [-0.05, 0) is 25.5 Å². The lowest BCUT2D eigenvalue weighted by molar-refractivity contribution is -0.119. The molecule has 0 bridgehead atoms. The first kappa shape index (κ1) is 16.8. The van der Waals surface area contributed by atoms with Crippen LogP contribution in [-0.4, -0.2) is 42.7 Å². The van der Waals surface area contributed by atoms with Gasteiger partial charge in [0.05, 0.1) is 17.3 Å².